The summed E-state index contributed by atoms with van der Waals surface area (Å²) in [7, 11) is 0. The van der Waals surface area contributed by atoms with Crippen molar-refractivity contribution in [3.05, 3.63) is 36.7 Å². The van der Waals surface area contributed by atoms with Crippen LogP contribution in [0.2, 0.25) is 0 Å². The molecule has 106 valence electrons. The molecule has 0 spiro atoms. The third-order valence-corrected chi connectivity index (χ3v) is 4.76. The average Bonchev–Trinajstić information content (AvgIpc) is 2.48. The van der Waals surface area contributed by atoms with E-state index in [-0.39, 0.29) is 0 Å². The maximum Gasteiger partial charge on any atom is 0.0423 e. The topological polar surface area (TPSA) is 24.9 Å². The van der Waals surface area contributed by atoms with Crippen molar-refractivity contribution in [2.24, 2.45) is 11.8 Å². The Morgan fingerprint density at radius 3 is 2.65 bits per heavy atom. The zero-order chi connectivity index (χ0) is 13.9. The molecule has 1 fully saturated rings. The summed E-state index contributed by atoms with van der Waals surface area (Å²) >= 11 is 0. The third kappa shape index (κ3) is 2.79. The summed E-state index contributed by atoms with van der Waals surface area (Å²) < 4.78 is 0. The first-order valence-corrected chi connectivity index (χ1v) is 7.83. The quantitative estimate of drug-likeness (QED) is 0.859. The van der Waals surface area contributed by atoms with Gasteiger partial charge in [0.1, 0.15) is 0 Å². The van der Waals surface area contributed by atoms with E-state index < -0.39 is 0 Å². The Morgan fingerprint density at radius 2 is 1.90 bits per heavy atom. The Morgan fingerprint density at radius 1 is 1.10 bits per heavy atom. The van der Waals surface area contributed by atoms with Crippen LogP contribution in [0.3, 0.4) is 0 Å². The lowest BCUT2D eigenvalue weighted by Crippen LogP contribution is -2.27. The molecule has 0 saturated heterocycles. The summed E-state index contributed by atoms with van der Waals surface area (Å²) in [6.45, 7) is 4.71. The van der Waals surface area contributed by atoms with Crippen LogP contribution in [-0.2, 0) is 0 Å². The van der Waals surface area contributed by atoms with E-state index >= 15 is 0 Å². The summed E-state index contributed by atoms with van der Waals surface area (Å²) in [5, 5.41) is 6.26. The highest BCUT2D eigenvalue weighted by atomic mass is 14.9. The van der Waals surface area contributed by atoms with E-state index in [1.807, 2.05) is 12.4 Å². The number of rotatable bonds is 3. The largest absolute Gasteiger partial charge is 0.382 e. The molecule has 1 aromatic carbocycles. The fraction of sp³-hybridized carbons (Fsp3) is 0.500. The van der Waals surface area contributed by atoms with Crippen LogP contribution in [-0.4, -0.2) is 11.0 Å². The van der Waals surface area contributed by atoms with Crippen molar-refractivity contribution in [1.82, 2.24) is 4.98 Å². The van der Waals surface area contributed by atoms with Crippen LogP contribution < -0.4 is 5.32 Å². The molecule has 1 aromatic heterocycles. The number of nitrogens with one attached hydrogen (secondary N) is 1. The average molecular weight is 268 g/mol. The molecule has 2 nitrogen and oxygen atoms in total. The molecule has 1 aliphatic rings. The molecular formula is C18H24N2. The third-order valence-electron chi connectivity index (χ3n) is 4.76. The number of anilines is 1. The molecule has 3 rings (SSSR count). The number of aromatic nitrogens is 1. The molecule has 0 atom stereocenters. The van der Waals surface area contributed by atoms with Crippen molar-refractivity contribution in [1.29, 1.82) is 0 Å². The number of fused-ring (bicyclic) bond motifs is 1. The monoisotopic (exact) mass is 268 g/mol. The highest BCUT2D eigenvalue weighted by Gasteiger charge is 2.23. The van der Waals surface area contributed by atoms with E-state index in [4.69, 9.17) is 0 Å². The Bertz CT molecular complexity index is 563. The Labute approximate surface area is 121 Å². The number of benzene rings is 1. The molecule has 1 heterocycles. The van der Waals surface area contributed by atoms with Crippen molar-refractivity contribution in [3.63, 3.8) is 0 Å². The van der Waals surface area contributed by atoms with Gasteiger partial charge in [0.15, 0.2) is 0 Å². The Hall–Kier alpha value is -1.57. The van der Waals surface area contributed by atoms with Crippen molar-refractivity contribution < 1.29 is 0 Å². The van der Waals surface area contributed by atoms with E-state index in [0.717, 1.165) is 11.8 Å². The van der Waals surface area contributed by atoms with Gasteiger partial charge in [-0.15, -0.1) is 0 Å². The van der Waals surface area contributed by atoms with Gasteiger partial charge in [-0.2, -0.15) is 0 Å². The highest BCUT2D eigenvalue weighted by molar-refractivity contribution is 5.93. The first kappa shape index (κ1) is 13.4. The van der Waals surface area contributed by atoms with Crippen LogP contribution in [0.1, 0.15) is 39.5 Å². The second-order valence-electron chi connectivity index (χ2n) is 6.40. The maximum atomic E-state index is 4.20. The molecule has 0 amide bonds. The minimum absolute atomic E-state index is 0.628. The lowest BCUT2D eigenvalue weighted by Gasteiger charge is -2.32. The maximum absolute atomic E-state index is 4.20. The fourth-order valence-corrected chi connectivity index (χ4v) is 3.40. The van der Waals surface area contributed by atoms with Crippen molar-refractivity contribution in [3.8, 4) is 0 Å². The molecule has 0 radical (unpaired) electrons. The molecule has 0 aliphatic heterocycles. The lowest BCUT2D eigenvalue weighted by atomic mass is 9.79. The van der Waals surface area contributed by atoms with Gasteiger partial charge >= 0.3 is 0 Å². The molecule has 2 heteroatoms. The molecule has 0 bridgehead atoms. The van der Waals surface area contributed by atoms with Gasteiger partial charge in [0.05, 0.1) is 0 Å². The van der Waals surface area contributed by atoms with Gasteiger partial charge in [-0.25, -0.2) is 0 Å². The molecule has 2 aromatic rings. The fourth-order valence-electron chi connectivity index (χ4n) is 3.40. The normalized spacial score (nSPS) is 23.1. The number of nitrogens with zero attached hydrogens (tertiary/aromatic N) is 1. The minimum atomic E-state index is 0.628. The van der Waals surface area contributed by atoms with Crippen LogP contribution in [0.4, 0.5) is 5.69 Å². The van der Waals surface area contributed by atoms with Crippen molar-refractivity contribution in [2.75, 3.05) is 5.32 Å². The Kier molecular flexibility index (Phi) is 3.90. The van der Waals surface area contributed by atoms with E-state index in [2.05, 4.69) is 48.4 Å². The smallest absolute Gasteiger partial charge is 0.0423 e. The number of pyridine rings is 1. The van der Waals surface area contributed by atoms with Crippen LogP contribution in [0.5, 0.6) is 0 Å². The summed E-state index contributed by atoms with van der Waals surface area (Å²) in [5.74, 6) is 1.75. The minimum Gasteiger partial charge on any atom is -0.382 e. The standard InChI is InChI=1S/C18H24N2/c1-13(2)14-6-8-16(9-7-14)20-18-5-3-4-15-12-19-11-10-17(15)18/h3-5,10-14,16,20H,6-9H2,1-2H3. The van der Waals surface area contributed by atoms with E-state index in [1.165, 1.54) is 42.1 Å². The Balaban J connectivity index is 1.72. The zero-order valence-electron chi connectivity index (χ0n) is 12.5. The van der Waals surface area contributed by atoms with E-state index in [9.17, 15) is 0 Å². The van der Waals surface area contributed by atoms with Gasteiger partial charge in [-0.05, 0) is 49.7 Å². The van der Waals surface area contributed by atoms with Gasteiger partial charge in [0.25, 0.3) is 0 Å². The second kappa shape index (κ2) is 5.82. The predicted molar refractivity (Wildman–Crippen MR) is 85.9 cm³/mol. The first-order chi connectivity index (χ1) is 9.74. The van der Waals surface area contributed by atoms with Crippen molar-refractivity contribution >= 4 is 16.5 Å². The summed E-state index contributed by atoms with van der Waals surface area (Å²) in [5.41, 5.74) is 1.26. The van der Waals surface area contributed by atoms with Crippen LogP contribution in [0.15, 0.2) is 36.7 Å². The van der Waals surface area contributed by atoms with E-state index in [0.29, 0.717) is 6.04 Å². The van der Waals surface area contributed by atoms with Gasteiger partial charge in [-0.3, -0.25) is 4.98 Å². The lowest BCUT2D eigenvalue weighted by molar-refractivity contribution is 0.267. The second-order valence-corrected chi connectivity index (χ2v) is 6.40. The zero-order valence-corrected chi connectivity index (χ0v) is 12.5. The van der Waals surface area contributed by atoms with E-state index in [1.54, 1.807) is 0 Å². The predicted octanol–water partition coefficient (Wildman–Crippen LogP) is 4.86. The van der Waals surface area contributed by atoms with Gasteiger partial charge in [0.2, 0.25) is 0 Å². The highest BCUT2D eigenvalue weighted by Crippen LogP contribution is 2.32. The molecule has 1 aliphatic carbocycles. The summed E-state index contributed by atoms with van der Waals surface area (Å²) in [6, 6.07) is 9.17. The SMILES string of the molecule is CC(C)C1CCC(Nc2cccc3cnccc23)CC1. The molecule has 20 heavy (non-hydrogen) atoms. The van der Waals surface area contributed by atoms with Crippen LogP contribution in [0, 0.1) is 11.8 Å². The molecule has 1 N–H and O–H groups in total. The summed E-state index contributed by atoms with van der Waals surface area (Å²) in [6.07, 6.45) is 9.14. The first-order valence-electron chi connectivity index (χ1n) is 7.83. The van der Waals surface area contributed by atoms with Gasteiger partial charge < -0.3 is 5.32 Å². The van der Waals surface area contributed by atoms with Gasteiger partial charge in [0, 0.05) is 34.9 Å². The number of hydrogen-bond donors (Lipinski definition) is 1. The molecule has 1 saturated carbocycles. The van der Waals surface area contributed by atoms with Crippen LogP contribution in [0.25, 0.3) is 10.8 Å². The van der Waals surface area contributed by atoms with Crippen LogP contribution >= 0.6 is 0 Å². The molecular weight excluding hydrogens is 244 g/mol. The number of hydrogen-bond acceptors (Lipinski definition) is 2. The molecule has 0 unspecified atom stereocenters. The van der Waals surface area contributed by atoms with Gasteiger partial charge in [-0.1, -0.05) is 26.0 Å². The summed E-state index contributed by atoms with van der Waals surface area (Å²) in [4.78, 5) is 4.20. The van der Waals surface area contributed by atoms with Crippen molar-refractivity contribution in [2.45, 2.75) is 45.6 Å².